The highest BCUT2D eigenvalue weighted by atomic mass is 16.5. The van der Waals surface area contributed by atoms with E-state index in [2.05, 4.69) is 22.5 Å². The number of ether oxygens (including phenoxy) is 1. The average molecular weight is 335 g/mol. The van der Waals surface area contributed by atoms with Crippen LogP contribution in [0.4, 0.5) is 5.69 Å². The van der Waals surface area contributed by atoms with Gasteiger partial charge in [-0.3, -0.25) is 15.2 Å². The maximum atomic E-state index is 12.3. The molecule has 2 aromatic carbocycles. The number of nitrogens with zero attached hydrogens (tertiary/aromatic N) is 1. The third kappa shape index (κ3) is 3.31. The molecule has 0 spiro atoms. The minimum Gasteiger partial charge on any atom is -0.489 e. The Morgan fingerprint density at radius 1 is 1.16 bits per heavy atom. The number of fused-ring (bicyclic) bond motifs is 2. The van der Waals surface area contributed by atoms with E-state index in [1.54, 1.807) is 0 Å². The third-order valence-electron chi connectivity index (χ3n) is 4.51. The summed E-state index contributed by atoms with van der Waals surface area (Å²) in [6, 6.07) is 16.0. The molecule has 128 valence electrons. The van der Waals surface area contributed by atoms with Crippen molar-refractivity contribution in [2.75, 3.05) is 18.2 Å². The molecule has 5 nitrogen and oxygen atoms in total. The van der Waals surface area contributed by atoms with Crippen LogP contribution in [0.3, 0.4) is 0 Å². The molecule has 3 aromatic rings. The highest BCUT2D eigenvalue weighted by molar-refractivity contribution is 5.83. The molecule has 0 radical (unpaired) electrons. The van der Waals surface area contributed by atoms with Crippen LogP contribution < -0.4 is 15.2 Å². The molecule has 0 fully saturated rings. The number of nitrogens with one attached hydrogen (secondary N) is 2. The molecule has 4 rings (SSSR count). The van der Waals surface area contributed by atoms with Gasteiger partial charge in [-0.05, 0) is 36.6 Å². The standard InChI is InChI=1S/C20H21N3O2/c24-20(22-23-12-13-25-19-10-4-3-9-18(19)23)11-5-6-15-14-21-17-8-2-1-7-16(15)17/h1-4,7-10,14,21H,5-6,11-13H2,(H,22,24). The lowest BCUT2D eigenvalue weighted by molar-refractivity contribution is -0.121. The fraction of sp³-hybridized carbons (Fsp3) is 0.250. The fourth-order valence-corrected chi connectivity index (χ4v) is 3.27. The van der Waals surface area contributed by atoms with Crippen LogP contribution in [0.1, 0.15) is 18.4 Å². The molecule has 0 aliphatic carbocycles. The molecule has 0 saturated heterocycles. The highest BCUT2D eigenvalue weighted by Gasteiger charge is 2.19. The highest BCUT2D eigenvalue weighted by Crippen LogP contribution is 2.29. The van der Waals surface area contributed by atoms with Gasteiger partial charge in [0.1, 0.15) is 12.4 Å². The van der Waals surface area contributed by atoms with Gasteiger partial charge >= 0.3 is 0 Å². The number of para-hydroxylation sites is 3. The van der Waals surface area contributed by atoms with Gasteiger partial charge in [-0.1, -0.05) is 30.3 Å². The summed E-state index contributed by atoms with van der Waals surface area (Å²) in [4.78, 5) is 15.6. The van der Waals surface area contributed by atoms with Crippen LogP contribution in [-0.2, 0) is 11.2 Å². The van der Waals surface area contributed by atoms with Crippen molar-refractivity contribution in [1.29, 1.82) is 0 Å². The zero-order valence-corrected chi connectivity index (χ0v) is 14.0. The molecule has 2 heterocycles. The van der Waals surface area contributed by atoms with Gasteiger partial charge in [0, 0.05) is 23.5 Å². The number of anilines is 1. The van der Waals surface area contributed by atoms with Gasteiger partial charge in [0.2, 0.25) is 5.91 Å². The largest absolute Gasteiger partial charge is 0.489 e. The van der Waals surface area contributed by atoms with Crippen LogP contribution in [0.2, 0.25) is 0 Å². The summed E-state index contributed by atoms with van der Waals surface area (Å²) in [5.41, 5.74) is 6.32. The maximum absolute atomic E-state index is 12.3. The number of amides is 1. The van der Waals surface area contributed by atoms with Crippen molar-refractivity contribution in [3.63, 3.8) is 0 Å². The first-order valence-electron chi connectivity index (χ1n) is 8.65. The number of benzene rings is 2. The Balaban J connectivity index is 1.33. The van der Waals surface area contributed by atoms with Crippen LogP contribution in [0, 0.1) is 0 Å². The van der Waals surface area contributed by atoms with Crippen molar-refractivity contribution in [1.82, 2.24) is 10.4 Å². The minimum absolute atomic E-state index is 0.0385. The summed E-state index contributed by atoms with van der Waals surface area (Å²) in [6.45, 7) is 1.23. The molecule has 5 heteroatoms. The number of hydrogen-bond acceptors (Lipinski definition) is 3. The number of carbonyl (C=O) groups is 1. The molecule has 1 aromatic heterocycles. The summed E-state index contributed by atoms with van der Waals surface area (Å²) < 4.78 is 5.61. The summed E-state index contributed by atoms with van der Waals surface area (Å²) in [5, 5.41) is 3.12. The Labute approximate surface area is 146 Å². The second-order valence-corrected chi connectivity index (χ2v) is 6.22. The number of hydrogen-bond donors (Lipinski definition) is 2. The first-order valence-corrected chi connectivity index (χ1v) is 8.65. The molecule has 0 unspecified atom stereocenters. The van der Waals surface area contributed by atoms with E-state index >= 15 is 0 Å². The van der Waals surface area contributed by atoms with Gasteiger partial charge in [-0.2, -0.15) is 0 Å². The molecule has 0 bridgehead atoms. The van der Waals surface area contributed by atoms with Crippen molar-refractivity contribution < 1.29 is 9.53 Å². The third-order valence-corrected chi connectivity index (χ3v) is 4.51. The molecule has 2 N–H and O–H groups in total. The molecular weight excluding hydrogens is 314 g/mol. The second-order valence-electron chi connectivity index (χ2n) is 6.22. The van der Waals surface area contributed by atoms with E-state index < -0.39 is 0 Å². The van der Waals surface area contributed by atoms with E-state index in [4.69, 9.17) is 4.74 Å². The zero-order chi connectivity index (χ0) is 17.1. The zero-order valence-electron chi connectivity index (χ0n) is 14.0. The Kier molecular flexibility index (Phi) is 4.29. The molecule has 25 heavy (non-hydrogen) atoms. The molecular formula is C20H21N3O2. The van der Waals surface area contributed by atoms with Gasteiger partial charge in [-0.15, -0.1) is 0 Å². The predicted molar refractivity (Wildman–Crippen MR) is 98.7 cm³/mol. The number of carbonyl (C=O) groups excluding carboxylic acids is 1. The Morgan fingerprint density at radius 2 is 2.00 bits per heavy atom. The van der Waals surface area contributed by atoms with E-state index in [0.717, 1.165) is 29.8 Å². The predicted octanol–water partition coefficient (Wildman–Crippen LogP) is 3.42. The van der Waals surface area contributed by atoms with Gasteiger partial charge in [0.05, 0.1) is 12.2 Å². The SMILES string of the molecule is O=C(CCCc1c[nH]c2ccccc12)NN1CCOc2ccccc21. The summed E-state index contributed by atoms with van der Waals surface area (Å²) in [5.74, 6) is 0.851. The number of hydrazine groups is 1. The molecule has 1 aliphatic heterocycles. The monoisotopic (exact) mass is 335 g/mol. The maximum Gasteiger partial charge on any atom is 0.238 e. The van der Waals surface area contributed by atoms with Crippen LogP contribution in [0.5, 0.6) is 5.75 Å². The number of aryl methyl sites for hydroxylation is 1. The van der Waals surface area contributed by atoms with Crippen LogP contribution in [0.15, 0.2) is 54.7 Å². The van der Waals surface area contributed by atoms with Gasteiger partial charge in [-0.25, -0.2) is 0 Å². The van der Waals surface area contributed by atoms with Crippen LogP contribution in [0.25, 0.3) is 10.9 Å². The van der Waals surface area contributed by atoms with Crippen molar-refractivity contribution in [2.45, 2.75) is 19.3 Å². The summed E-state index contributed by atoms with van der Waals surface area (Å²) in [7, 11) is 0. The Morgan fingerprint density at radius 3 is 2.96 bits per heavy atom. The topological polar surface area (TPSA) is 57.4 Å². The lowest BCUT2D eigenvalue weighted by Crippen LogP contribution is -2.46. The van der Waals surface area contributed by atoms with Crippen LogP contribution >= 0.6 is 0 Å². The van der Waals surface area contributed by atoms with Crippen molar-refractivity contribution >= 4 is 22.5 Å². The number of aromatic nitrogens is 1. The van der Waals surface area contributed by atoms with E-state index in [9.17, 15) is 4.79 Å². The Bertz CT molecular complexity index is 887. The van der Waals surface area contributed by atoms with E-state index in [1.807, 2.05) is 47.6 Å². The first-order chi connectivity index (χ1) is 12.3. The van der Waals surface area contributed by atoms with Gasteiger partial charge in [0.25, 0.3) is 0 Å². The smallest absolute Gasteiger partial charge is 0.238 e. The van der Waals surface area contributed by atoms with Gasteiger partial charge in [0.15, 0.2) is 0 Å². The van der Waals surface area contributed by atoms with E-state index in [0.29, 0.717) is 19.6 Å². The number of H-pyrrole nitrogens is 1. The fourth-order valence-electron chi connectivity index (χ4n) is 3.27. The molecule has 0 saturated carbocycles. The Hall–Kier alpha value is -2.95. The lowest BCUT2D eigenvalue weighted by Gasteiger charge is -2.31. The summed E-state index contributed by atoms with van der Waals surface area (Å²) >= 11 is 0. The van der Waals surface area contributed by atoms with Crippen molar-refractivity contribution in [3.8, 4) is 5.75 Å². The van der Waals surface area contributed by atoms with E-state index in [-0.39, 0.29) is 5.91 Å². The summed E-state index contributed by atoms with van der Waals surface area (Å²) in [6.07, 6.45) is 4.25. The normalized spacial score (nSPS) is 13.4. The first kappa shape index (κ1) is 15.6. The average Bonchev–Trinajstić information content (AvgIpc) is 3.05. The molecule has 0 atom stereocenters. The van der Waals surface area contributed by atoms with Crippen LogP contribution in [-0.4, -0.2) is 24.0 Å². The number of rotatable bonds is 5. The number of aromatic amines is 1. The molecule has 1 aliphatic rings. The second kappa shape index (κ2) is 6.89. The minimum atomic E-state index is 0.0385. The lowest BCUT2D eigenvalue weighted by atomic mass is 10.1. The van der Waals surface area contributed by atoms with E-state index in [1.165, 1.54) is 10.9 Å². The van der Waals surface area contributed by atoms with Crippen molar-refractivity contribution in [3.05, 3.63) is 60.3 Å². The molecule has 1 amide bonds. The quantitative estimate of drug-likeness (QED) is 0.751. The van der Waals surface area contributed by atoms with Crippen molar-refractivity contribution in [2.24, 2.45) is 0 Å². The van der Waals surface area contributed by atoms with Gasteiger partial charge < -0.3 is 9.72 Å².